The highest BCUT2D eigenvalue weighted by Crippen LogP contribution is 2.30. The van der Waals surface area contributed by atoms with Gasteiger partial charge < -0.3 is 5.32 Å². The number of rotatable bonds is 11. The summed E-state index contributed by atoms with van der Waals surface area (Å²) in [6.45, 7) is 3.63. The van der Waals surface area contributed by atoms with Crippen LogP contribution in [-0.2, 0) is 14.4 Å². The van der Waals surface area contributed by atoms with E-state index >= 15 is 0 Å². The number of benzene rings is 1. The third-order valence-electron chi connectivity index (χ3n) is 5.72. The van der Waals surface area contributed by atoms with Gasteiger partial charge in [0.05, 0.1) is 29.2 Å². The van der Waals surface area contributed by atoms with Crippen LogP contribution in [0.15, 0.2) is 24.3 Å². The van der Waals surface area contributed by atoms with E-state index in [2.05, 4.69) is 15.7 Å². The fourth-order valence-corrected chi connectivity index (χ4v) is 4.89. The first-order chi connectivity index (χ1) is 15.4. The molecule has 3 rings (SSSR count). The summed E-state index contributed by atoms with van der Waals surface area (Å²) in [4.78, 5) is 40.9. The third kappa shape index (κ3) is 6.72. The van der Waals surface area contributed by atoms with Crippen LogP contribution in [-0.4, -0.2) is 57.6 Å². The maximum absolute atomic E-state index is 13.0. The second-order valence-corrected chi connectivity index (χ2v) is 9.57. The van der Waals surface area contributed by atoms with E-state index in [-0.39, 0.29) is 30.9 Å². The van der Waals surface area contributed by atoms with Crippen LogP contribution in [0, 0.1) is 11.8 Å². The summed E-state index contributed by atoms with van der Waals surface area (Å²) in [6.07, 6.45) is 5.28. The van der Waals surface area contributed by atoms with Gasteiger partial charge in [0.1, 0.15) is 0 Å². The molecule has 1 atom stereocenters. The van der Waals surface area contributed by atoms with E-state index in [0.29, 0.717) is 28.9 Å². The molecule has 1 heterocycles. The van der Waals surface area contributed by atoms with Crippen LogP contribution in [0.5, 0.6) is 0 Å². The van der Waals surface area contributed by atoms with Crippen molar-refractivity contribution in [3.8, 4) is 0 Å². The van der Waals surface area contributed by atoms with E-state index in [9.17, 15) is 19.6 Å². The van der Waals surface area contributed by atoms with Crippen molar-refractivity contribution < 1.29 is 19.6 Å². The van der Waals surface area contributed by atoms with Gasteiger partial charge in [0.15, 0.2) is 5.13 Å². The quantitative estimate of drug-likeness (QED) is 0.269. The summed E-state index contributed by atoms with van der Waals surface area (Å²) in [7, 11) is 0. The van der Waals surface area contributed by atoms with E-state index in [1.165, 1.54) is 11.3 Å². The minimum absolute atomic E-state index is 0.0496. The van der Waals surface area contributed by atoms with Crippen molar-refractivity contribution >= 4 is 44.9 Å². The van der Waals surface area contributed by atoms with Crippen LogP contribution < -0.4 is 10.7 Å². The van der Waals surface area contributed by atoms with Crippen LogP contribution in [0.25, 0.3) is 10.2 Å². The molecule has 3 amide bonds. The molecular formula is C22H31N5O4S. The lowest BCUT2D eigenvalue weighted by Gasteiger charge is -2.29. The molecule has 0 unspecified atom stereocenters. The number of carbonyl (C=O) groups is 3. The first kappa shape index (κ1) is 24.1. The van der Waals surface area contributed by atoms with E-state index in [4.69, 9.17) is 0 Å². The van der Waals surface area contributed by atoms with Crippen molar-refractivity contribution in [3.63, 3.8) is 0 Å². The number of hydrogen-bond acceptors (Lipinski definition) is 7. The fourth-order valence-electron chi connectivity index (χ4n) is 4.00. The van der Waals surface area contributed by atoms with Gasteiger partial charge in [-0.15, -0.1) is 0 Å². The first-order valence-corrected chi connectivity index (χ1v) is 11.8. The van der Waals surface area contributed by atoms with Gasteiger partial charge in [-0.2, -0.15) is 0 Å². The zero-order chi connectivity index (χ0) is 23.1. The van der Waals surface area contributed by atoms with Gasteiger partial charge in [-0.3, -0.25) is 25.0 Å². The lowest BCUT2D eigenvalue weighted by atomic mass is 9.92. The molecule has 0 bridgehead atoms. The van der Waals surface area contributed by atoms with Gasteiger partial charge in [-0.1, -0.05) is 49.2 Å². The van der Waals surface area contributed by atoms with Crippen LogP contribution >= 0.6 is 11.3 Å². The van der Waals surface area contributed by atoms with Crippen molar-refractivity contribution in [1.29, 1.82) is 0 Å². The highest BCUT2D eigenvalue weighted by Gasteiger charge is 2.29. The predicted octanol–water partition coefficient (Wildman–Crippen LogP) is 3.02. The Labute approximate surface area is 191 Å². The molecule has 174 valence electrons. The summed E-state index contributed by atoms with van der Waals surface area (Å²) in [6, 6.07) is 7.50. The van der Waals surface area contributed by atoms with E-state index in [1.807, 2.05) is 38.1 Å². The maximum atomic E-state index is 13.0. The first-order valence-electron chi connectivity index (χ1n) is 11.0. The molecule has 9 nitrogen and oxygen atoms in total. The number of nitrogens with zero attached hydrogens (tertiary/aromatic N) is 3. The molecule has 32 heavy (non-hydrogen) atoms. The number of anilines is 1. The number of thiazole rings is 1. The number of nitrogens with one attached hydrogen (secondary N) is 2. The minimum atomic E-state index is -0.554. The average molecular weight is 462 g/mol. The Balaban J connectivity index is 1.61. The Morgan fingerprint density at radius 1 is 1.28 bits per heavy atom. The van der Waals surface area contributed by atoms with E-state index < -0.39 is 5.92 Å². The second kappa shape index (κ2) is 11.3. The molecule has 0 aliphatic heterocycles. The highest BCUT2D eigenvalue weighted by molar-refractivity contribution is 7.22. The van der Waals surface area contributed by atoms with Gasteiger partial charge >= 0.3 is 0 Å². The Morgan fingerprint density at radius 3 is 2.66 bits per heavy atom. The number of hydroxylamine groups is 2. The Bertz CT molecular complexity index is 895. The van der Waals surface area contributed by atoms with Gasteiger partial charge in [0.25, 0.3) is 0 Å². The molecule has 10 heteroatoms. The van der Waals surface area contributed by atoms with Gasteiger partial charge in [0, 0.05) is 6.04 Å². The van der Waals surface area contributed by atoms with Crippen molar-refractivity contribution in [3.05, 3.63) is 24.3 Å². The molecule has 0 saturated heterocycles. The molecular weight excluding hydrogens is 430 g/mol. The number of hydrogen-bond donors (Lipinski definition) is 3. The largest absolute Gasteiger partial charge is 0.301 e. The minimum Gasteiger partial charge on any atom is -0.301 e. The van der Waals surface area contributed by atoms with Crippen LogP contribution in [0.3, 0.4) is 0 Å². The molecule has 1 saturated carbocycles. The lowest BCUT2D eigenvalue weighted by Crippen LogP contribution is -2.52. The van der Waals surface area contributed by atoms with E-state index in [0.717, 1.165) is 35.9 Å². The molecule has 1 aliphatic carbocycles. The second-order valence-electron chi connectivity index (χ2n) is 8.54. The Hall–Kier alpha value is -2.56. The summed E-state index contributed by atoms with van der Waals surface area (Å²) in [5, 5.41) is 15.0. The number of carbonyl (C=O) groups excluding carboxylic acids is 3. The van der Waals surface area contributed by atoms with Crippen molar-refractivity contribution in [2.75, 3.05) is 18.4 Å². The summed E-state index contributed by atoms with van der Waals surface area (Å²) in [5.74, 6) is -0.746. The van der Waals surface area contributed by atoms with E-state index in [1.54, 1.807) is 5.01 Å². The number of aromatic nitrogens is 1. The third-order valence-corrected chi connectivity index (χ3v) is 6.68. The van der Waals surface area contributed by atoms with Gasteiger partial charge in [-0.25, -0.2) is 15.1 Å². The van der Waals surface area contributed by atoms with Crippen molar-refractivity contribution in [2.45, 2.75) is 52.0 Å². The lowest BCUT2D eigenvalue weighted by molar-refractivity contribution is -0.156. The Morgan fingerprint density at radius 2 is 2.00 bits per heavy atom. The molecule has 1 aromatic heterocycles. The number of amides is 3. The smallest absolute Gasteiger partial charge is 0.242 e. The molecule has 1 aromatic carbocycles. The molecule has 3 N–H and O–H groups in total. The summed E-state index contributed by atoms with van der Waals surface area (Å²) in [5.41, 5.74) is 3.65. The number of hydrazine groups is 1. The molecule has 0 spiro atoms. The number of para-hydroxylation sites is 1. The monoisotopic (exact) mass is 461 g/mol. The molecule has 0 radical (unpaired) electrons. The summed E-state index contributed by atoms with van der Waals surface area (Å²) < 4.78 is 0.982. The predicted molar refractivity (Wildman–Crippen MR) is 123 cm³/mol. The standard InChI is InChI=1S/C22H31N5O4S/c1-15(2)27(13-20(29)24-22-23-18-9-5-6-10-19(18)32-22)25-21(30)17(12-26(31)14-28)11-16-7-3-4-8-16/h5-6,9-10,14-17,31H,3-4,7-8,11-13H2,1-2H3,(H,25,30)(H,23,24,29)/t17-/m1/s1. The fraction of sp³-hybridized carbons (Fsp3) is 0.545. The van der Waals surface area contributed by atoms with Gasteiger partial charge in [0.2, 0.25) is 18.2 Å². The zero-order valence-electron chi connectivity index (χ0n) is 18.5. The zero-order valence-corrected chi connectivity index (χ0v) is 19.3. The average Bonchev–Trinajstić information content (AvgIpc) is 3.41. The molecule has 1 fully saturated rings. The highest BCUT2D eigenvalue weighted by atomic mass is 32.1. The Kier molecular flexibility index (Phi) is 8.54. The topological polar surface area (TPSA) is 115 Å². The van der Waals surface area contributed by atoms with Crippen molar-refractivity contribution in [1.82, 2.24) is 20.5 Å². The van der Waals surface area contributed by atoms with Gasteiger partial charge in [-0.05, 0) is 38.3 Å². The normalized spacial score (nSPS) is 15.3. The van der Waals surface area contributed by atoms with Crippen LogP contribution in [0.4, 0.5) is 5.13 Å². The summed E-state index contributed by atoms with van der Waals surface area (Å²) >= 11 is 1.39. The van der Waals surface area contributed by atoms with Crippen LogP contribution in [0.1, 0.15) is 46.0 Å². The van der Waals surface area contributed by atoms with Crippen molar-refractivity contribution in [2.24, 2.45) is 11.8 Å². The van der Waals surface area contributed by atoms with Crippen LogP contribution in [0.2, 0.25) is 0 Å². The molecule has 1 aliphatic rings. The molecule has 2 aromatic rings. The number of fused-ring (bicyclic) bond motifs is 1. The SMILES string of the molecule is CC(C)N(CC(=O)Nc1nc2ccccc2s1)NC(=O)[C@H](CC1CCCC1)CN(O)C=O. The maximum Gasteiger partial charge on any atom is 0.242 e.